The van der Waals surface area contributed by atoms with Gasteiger partial charge >= 0.3 is 0 Å². The van der Waals surface area contributed by atoms with Crippen molar-refractivity contribution in [3.05, 3.63) is 63.6 Å². The molecule has 1 aromatic heterocycles. The summed E-state index contributed by atoms with van der Waals surface area (Å²) in [5, 5.41) is 12.5. The Bertz CT molecular complexity index is 799. The van der Waals surface area contributed by atoms with Gasteiger partial charge in [-0.05, 0) is 30.9 Å². The maximum atomic E-state index is 12.7. The molecule has 0 saturated carbocycles. The first-order valence-corrected chi connectivity index (χ1v) is 8.10. The van der Waals surface area contributed by atoms with Crippen molar-refractivity contribution in [2.75, 3.05) is 12.3 Å². The van der Waals surface area contributed by atoms with E-state index in [4.69, 9.17) is 5.73 Å². The number of nitrogens with one attached hydrogen (secondary N) is 1. The Labute approximate surface area is 139 Å². The number of nitrogens with zero attached hydrogens (tertiary/aromatic N) is 1. The van der Waals surface area contributed by atoms with Crippen molar-refractivity contribution in [2.45, 2.75) is 31.8 Å². The topological polar surface area (TPSA) is 97.3 Å². The van der Waals surface area contributed by atoms with Crippen molar-refractivity contribution < 1.29 is 9.90 Å². The molecule has 0 radical (unpaired) electrons. The van der Waals surface area contributed by atoms with Crippen LogP contribution in [0.4, 0.5) is 5.69 Å². The Morgan fingerprint density at radius 1 is 1.29 bits per heavy atom. The van der Waals surface area contributed by atoms with Crippen molar-refractivity contribution in [3.8, 4) is 0 Å². The summed E-state index contributed by atoms with van der Waals surface area (Å²) in [4.78, 5) is 24.9. The van der Waals surface area contributed by atoms with Gasteiger partial charge in [0.1, 0.15) is 0 Å². The second-order valence-electron chi connectivity index (χ2n) is 5.99. The first-order chi connectivity index (χ1) is 11.6. The third-order valence-electron chi connectivity index (χ3n) is 4.41. The Hall–Kier alpha value is -2.60. The molecule has 4 N–H and O–H groups in total. The highest BCUT2D eigenvalue weighted by Crippen LogP contribution is 2.20. The zero-order chi connectivity index (χ0) is 17.1. The molecule has 0 fully saturated rings. The van der Waals surface area contributed by atoms with Gasteiger partial charge in [0.15, 0.2) is 0 Å². The van der Waals surface area contributed by atoms with Crippen LogP contribution in [0.15, 0.2) is 41.2 Å². The lowest BCUT2D eigenvalue weighted by Gasteiger charge is -2.23. The molecule has 6 nitrogen and oxygen atoms in total. The van der Waals surface area contributed by atoms with Gasteiger partial charge in [-0.15, -0.1) is 0 Å². The van der Waals surface area contributed by atoms with Gasteiger partial charge < -0.3 is 20.7 Å². The molecule has 0 bridgehead atoms. The number of carbonyl (C=O) groups excluding carboxylic acids is 1. The van der Waals surface area contributed by atoms with Gasteiger partial charge in [-0.25, -0.2) is 0 Å². The fourth-order valence-electron chi connectivity index (χ4n) is 3.15. The van der Waals surface area contributed by atoms with Crippen molar-refractivity contribution in [2.24, 2.45) is 0 Å². The normalized spacial score (nSPS) is 14.7. The lowest BCUT2D eigenvalue weighted by Crippen LogP contribution is -2.36. The molecule has 0 aliphatic carbocycles. The number of fused-ring (bicyclic) bond motifs is 1. The first kappa shape index (κ1) is 16.3. The molecule has 0 spiro atoms. The van der Waals surface area contributed by atoms with E-state index in [9.17, 15) is 14.7 Å². The Kier molecular flexibility index (Phi) is 4.66. The van der Waals surface area contributed by atoms with Crippen LogP contribution in [0.3, 0.4) is 0 Å². The minimum Gasteiger partial charge on any atom is -0.394 e. The van der Waals surface area contributed by atoms with Crippen LogP contribution in [-0.4, -0.2) is 22.2 Å². The highest BCUT2D eigenvalue weighted by molar-refractivity contribution is 5.96. The van der Waals surface area contributed by atoms with Gasteiger partial charge in [-0.1, -0.05) is 30.3 Å². The summed E-state index contributed by atoms with van der Waals surface area (Å²) >= 11 is 0. The monoisotopic (exact) mass is 327 g/mol. The van der Waals surface area contributed by atoms with E-state index in [-0.39, 0.29) is 23.8 Å². The minimum atomic E-state index is -0.504. The molecule has 1 atom stereocenters. The molecule has 6 heteroatoms. The predicted octanol–water partition coefficient (Wildman–Crippen LogP) is 1.23. The molecule has 1 aliphatic heterocycles. The molecule has 1 amide bonds. The molecule has 126 valence electrons. The van der Waals surface area contributed by atoms with Crippen LogP contribution < -0.4 is 16.6 Å². The van der Waals surface area contributed by atoms with E-state index < -0.39 is 6.04 Å². The van der Waals surface area contributed by atoms with E-state index >= 15 is 0 Å². The average molecular weight is 327 g/mol. The summed E-state index contributed by atoms with van der Waals surface area (Å²) in [6.07, 6.45) is 2.51. The van der Waals surface area contributed by atoms with Crippen molar-refractivity contribution in [3.63, 3.8) is 0 Å². The van der Waals surface area contributed by atoms with Gasteiger partial charge in [0.2, 0.25) is 0 Å². The quantitative estimate of drug-likeness (QED) is 0.787. The molecule has 3 rings (SSSR count). The molecule has 2 heterocycles. The molecule has 0 saturated heterocycles. The third-order valence-corrected chi connectivity index (χ3v) is 4.41. The van der Waals surface area contributed by atoms with Gasteiger partial charge in [0.25, 0.3) is 11.5 Å². The number of carbonyl (C=O) groups is 1. The lowest BCUT2D eigenvalue weighted by atomic mass is 10.0. The fraction of sp³-hybridized carbons (Fsp3) is 0.333. The summed E-state index contributed by atoms with van der Waals surface area (Å²) in [7, 11) is 0. The lowest BCUT2D eigenvalue weighted by molar-refractivity contribution is 0.0913. The van der Waals surface area contributed by atoms with Gasteiger partial charge in [0, 0.05) is 12.2 Å². The van der Waals surface area contributed by atoms with Crippen LogP contribution >= 0.6 is 0 Å². The number of hydrogen-bond donors (Lipinski definition) is 3. The molecule has 24 heavy (non-hydrogen) atoms. The highest BCUT2D eigenvalue weighted by Gasteiger charge is 2.23. The van der Waals surface area contributed by atoms with E-state index in [0.29, 0.717) is 18.5 Å². The van der Waals surface area contributed by atoms with Crippen molar-refractivity contribution in [1.29, 1.82) is 0 Å². The second-order valence-corrected chi connectivity index (χ2v) is 5.99. The summed E-state index contributed by atoms with van der Waals surface area (Å²) in [5.74, 6) is -0.324. The zero-order valence-corrected chi connectivity index (χ0v) is 13.4. The van der Waals surface area contributed by atoms with Crippen LogP contribution in [-0.2, 0) is 13.0 Å². The Balaban J connectivity index is 1.93. The highest BCUT2D eigenvalue weighted by atomic mass is 16.3. The maximum absolute atomic E-state index is 12.7. The molecule has 1 aliphatic rings. The van der Waals surface area contributed by atoms with E-state index in [1.807, 2.05) is 30.3 Å². The largest absolute Gasteiger partial charge is 0.394 e. The smallest absolute Gasteiger partial charge is 0.273 e. The van der Waals surface area contributed by atoms with Gasteiger partial charge in [-0.3, -0.25) is 9.59 Å². The van der Waals surface area contributed by atoms with E-state index in [0.717, 1.165) is 24.1 Å². The van der Waals surface area contributed by atoms with E-state index in [2.05, 4.69) is 5.32 Å². The van der Waals surface area contributed by atoms with Crippen LogP contribution in [0.5, 0.6) is 0 Å². The molecular formula is C18H21N3O3. The van der Waals surface area contributed by atoms with Crippen LogP contribution in [0, 0.1) is 0 Å². The van der Waals surface area contributed by atoms with E-state index in [1.54, 1.807) is 4.57 Å². The number of nitrogens with two attached hydrogens (primary N) is 1. The molecule has 2 aromatic rings. The predicted molar refractivity (Wildman–Crippen MR) is 91.8 cm³/mol. The van der Waals surface area contributed by atoms with Crippen LogP contribution in [0.25, 0.3) is 0 Å². The number of hydrogen-bond acceptors (Lipinski definition) is 4. The standard InChI is InChI=1S/C18H21N3O3/c19-14-10-13(16-8-4-5-9-21(16)18(14)24)17(23)20-15(11-22)12-6-2-1-3-7-12/h1-3,6-7,10,15,22H,4-5,8-9,11,19H2,(H,20,23)/t15-/m1/s1. The second kappa shape index (κ2) is 6.88. The first-order valence-electron chi connectivity index (χ1n) is 8.10. The number of aliphatic hydroxyl groups excluding tert-OH is 1. The summed E-state index contributed by atoms with van der Waals surface area (Å²) in [6.45, 7) is 0.377. The Morgan fingerprint density at radius 2 is 2.04 bits per heavy atom. The fourth-order valence-corrected chi connectivity index (χ4v) is 3.15. The third kappa shape index (κ3) is 3.05. The van der Waals surface area contributed by atoms with Crippen molar-refractivity contribution in [1.82, 2.24) is 9.88 Å². The number of benzene rings is 1. The number of pyridine rings is 1. The number of nitrogen functional groups attached to an aromatic ring is 1. The van der Waals surface area contributed by atoms with Crippen LogP contribution in [0.2, 0.25) is 0 Å². The van der Waals surface area contributed by atoms with Crippen LogP contribution in [0.1, 0.15) is 40.5 Å². The number of amides is 1. The van der Waals surface area contributed by atoms with Gasteiger partial charge in [0.05, 0.1) is 23.9 Å². The van der Waals surface area contributed by atoms with Gasteiger partial charge in [-0.2, -0.15) is 0 Å². The number of rotatable bonds is 4. The maximum Gasteiger partial charge on any atom is 0.273 e. The number of anilines is 1. The minimum absolute atomic E-state index is 0.0751. The number of aliphatic hydroxyl groups is 1. The average Bonchev–Trinajstić information content (AvgIpc) is 2.63. The molecule has 1 aromatic carbocycles. The van der Waals surface area contributed by atoms with E-state index in [1.165, 1.54) is 6.07 Å². The molecule has 0 unspecified atom stereocenters. The number of aromatic nitrogens is 1. The SMILES string of the molecule is Nc1cc(C(=O)N[C@H](CO)c2ccccc2)c2n(c1=O)CCCC2. The van der Waals surface area contributed by atoms with Crippen molar-refractivity contribution >= 4 is 11.6 Å². The summed E-state index contributed by atoms with van der Waals surface area (Å²) in [6, 6.07) is 10.2. The Morgan fingerprint density at radius 3 is 2.75 bits per heavy atom. The molecular weight excluding hydrogens is 306 g/mol. The summed E-state index contributed by atoms with van der Waals surface area (Å²) in [5.41, 5.74) is 7.60. The summed E-state index contributed by atoms with van der Waals surface area (Å²) < 4.78 is 1.60. The zero-order valence-electron chi connectivity index (χ0n) is 13.4.